The number of allylic oxidation sites excluding steroid dienone is 4. The van der Waals surface area contributed by atoms with Gasteiger partial charge in [0, 0.05) is 30.1 Å². The standard InChI is InChI=1S/C28H28F2N4O5.C5H7F.C2H6/c1-4-5-26(36)39-28(2,3)17-32-24-16-21(12-13-31-24)38-23-11-10-20(15-22(23)30)33-27(37)34-25(35)14-18-6-8-19(29)9-7-18;1-3-5(6)4-2;1-2/h4-13,15-16H,14,17H2,1-3H3,(H,31,32)(H2,33,34,35,37);3-4H,1H2,2H3;1-2H3/b2*5-4+;. The van der Waals surface area contributed by atoms with Crippen LogP contribution in [-0.4, -0.2) is 35.0 Å². The van der Waals surface area contributed by atoms with E-state index >= 15 is 0 Å². The topological polar surface area (TPSA) is 119 Å². The average Bonchev–Trinajstić information content (AvgIpc) is 3.03. The maximum atomic E-state index is 14.7. The number of imide groups is 1. The molecule has 3 aromatic rings. The maximum absolute atomic E-state index is 14.7. The van der Waals surface area contributed by atoms with Crippen LogP contribution in [-0.2, 0) is 20.7 Å². The Morgan fingerprint density at radius 1 is 1.00 bits per heavy atom. The molecular formula is C35H41F3N4O5. The van der Waals surface area contributed by atoms with Crippen molar-refractivity contribution in [2.75, 3.05) is 17.2 Å². The predicted molar refractivity (Wildman–Crippen MR) is 178 cm³/mol. The van der Waals surface area contributed by atoms with Crippen LogP contribution in [0, 0.1) is 11.6 Å². The van der Waals surface area contributed by atoms with Crippen molar-refractivity contribution in [3.05, 3.63) is 115 Å². The molecule has 252 valence electrons. The van der Waals surface area contributed by atoms with Gasteiger partial charge in [-0.05, 0) is 69.7 Å². The fourth-order valence-electron chi connectivity index (χ4n) is 3.38. The summed E-state index contributed by atoms with van der Waals surface area (Å²) in [5.41, 5.74) is -0.193. The van der Waals surface area contributed by atoms with Gasteiger partial charge in [0.2, 0.25) is 5.91 Å². The molecule has 0 bridgehead atoms. The minimum absolute atomic E-state index is 0.0960. The maximum Gasteiger partial charge on any atom is 0.331 e. The van der Waals surface area contributed by atoms with E-state index in [0.29, 0.717) is 17.1 Å². The normalized spacial score (nSPS) is 10.8. The number of pyridine rings is 1. The molecule has 1 heterocycles. The fourth-order valence-corrected chi connectivity index (χ4v) is 3.38. The lowest BCUT2D eigenvalue weighted by molar-refractivity contribution is -0.148. The number of esters is 1. The molecule has 3 N–H and O–H groups in total. The van der Waals surface area contributed by atoms with E-state index in [1.165, 1.54) is 66.9 Å². The Hall–Kier alpha value is -5.39. The number of hydrogen-bond donors (Lipinski definition) is 3. The number of halogens is 3. The summed E-state index contributed by atoms with van der Waals surface area (Å²) in [5, 5.41) is 7.56. The Balaban J connectivity index is 0.00000124. The quantitative estimate of drug-likeness (QED) is 0.108. The second-order valence-electron chi connectivity index (χ2n) is 9.84. The number of carbonyl (C=O) groups is 3. The van der Waals surface area contributed by atoms with Gasteiger partial charge in [0.25, 0.3) is 0 Å². The molecule has 0 unspecified atom stereocenters. The van der Waals surface area contributed by atoms with Crippen molar-refractivity contribution >= 4 is 29.4 Å². The van der Waals surface area contributed by atoms with Gasteiger partial charge in [-0.3, -0.25) is 10.1 Å². The van der Waals surface area contributed by atoms with Gasteiger partial charge in [0.1, 0.15) is 28.8 Å². The Bertz CT molecular complexity index is 1540. The Morgan fingerprint density at radius 2 is 1.68 bits per heavy atom. The summed E-state index contributed by atoms with van der Waals surface area (Å²) in [6.45, 7) is 14.3. The third-order valence-electron chi connectivity index (χ3n) is 5.53. The van der Waals surface area contributed by atoms with Gasteiger partial charge in [-0.2, -0.15) is 0 Å². The molecule has 0 aliphatic heterocycles. The van der Waals surface area contributed by atoms with Crippen LogP contribution >= 0.6 is 0 Å². The lowest BCUT2D eigenvalue weighted by Gasteiger charge is -2.25. The molecule has 1 aromatic heterocycles. The van der Waals surface area contributed by atoms with E-state index in [9.17, 15) is 27.6 Å². The summed E-state index contributed by atoms with van der Waals surface area (Å²) < 4.78 is 50.2. The van der Waals surface area contributed by atoms with Crippen molar-refractivity contribution in [3.8, 4) is 11.5 Å². The lowest BCUT2D eigenvalue weighted by atomic mass is 10.1. The number of anilines is 2. The van der Waals surface area contributed by atoms with Crippen molar-refractivity contribution in [1.82, 2.24) is 10.3 Å². The van der Waals surface area contributed by atoms with Crippen molar-refractivity contribution in [1.29, 1.82) is 0 Å². The summed E-state index contributed by atoms with van der Waals surface area (Å²) >= 11 is 0. The number of carbonyl (C=O) groups excluding carboxylic acids is 3. The molecule has 0 saturated carbocycles. The fraction of sp³-hybridized carbons (Fsp3) is 0.257. The molecule has 3 amide bonds. The summed E-state index contributed by atoms with van der Waals surface area (Å²) in [6, 6.07) is 11.3. The Kier molecular flexibility index (Phi) is 17.4. The van der Waals surface area contributed by atoms with E-state index in [-0.39, 0.29) is 30.2 Å². The second kappa shape index (κ2) is 20.6. The zero-order valence-electron chi connectivity index (χ0n) is 27.3. The molecule has 2 aromatic carbocycles. The Morgan fingerprint density at radius 3 is 2.26 bits per heavy atom. The highest BCUT2D eigenvalue weighted by Crippen LogP contribution is 2.28. The molecule has 0 radical (unpaired) electrons. The van der Waals surface area contributed by atoms with Crippen molar-refractivity contribution in [2.45, 2.75) is 53.6 Å². The summed E-state index contributed by atoms with van der Waals surface area (Å²) in [5.74, 6) is -1.92. The van der Waals surface area contributed by atoms with Gasteiger partial charge in [0.05, 0.1) is 13.0 Å². The third-order valence-corrected chi connectivity index (χ3v) is 5.53. The molecule has 9 nitrogen and oxygen atoms in total. The first kappa shape index (κ1) is 39.6. The van der Waals surface area contributed by atoms with Crippen LogP contribution in [0.4, 0.5) is 29.5 Å². The summed E-state index contributed by atoms with van der Waals surface area (Å²) in [4.78, 5) is 40.0. The first-order valence-electron chi connectivity index (χ1n) is 14.7. The van der Waals surface area contributed by atoms with E-state index in [2.05, 4.69) is 27.5 Å². The molecule has 12 heteroatoms. The minimum atomic E-state index is -0.848. The van der Waals surface area contributed by atoms with Crippen LogP contribution in [0.15, 0.2) is 97.5 Å². The number of urea groups is 1. The van der Waals surface area contributed by atoms with E-state index in [4.69, 9.17) is 9.47 Å². The largest absolute Gasteiger partial charge is 0.455 e. The molecule has 0 atom stereocenters. The van der Waals surface area contributed by atoms with Gasteiger partial charge in [-0.15, -0.1) is 0 Å². The number of nitrogens with one attached hydrogen (secondary N) is 3. The molecule has 3 rings (SSSR count). The van der Waals surface area contributed by atoms with Crippen molar-refractivity contribution in [2.24, 2.45) is 0 Å². The molecule has 0 saturated heterocycles. The number of nitrogens with zero attached hydrogens (tertiary/aromatic N) is 1. The van der Waals surface area contributed by atoms with Gasteiger partial charge in [-0.25, -0.2) is 27.7 Å². The first-order valence-corrected chi connectivity index (χ1v) is 14.7. The first-order chi connectivity index (χ1) is 22.3. The van der Waals surface area contributed by atoms with Crippen LogP contribution in [0.1, 0.15) is 47.1 Å². The molecule has 0 aliphatic carbocycles. The van der Waals surface area contributed by atoms with Crippen molar-refractivity contribution < 1.29 is 37.0 Å². The van der Waals surface area contributed by atoms with Gasteiger partial charge < -0.3 is 20.1 Å². The highest BCUT2D eigenvalue weighted by Gasteiger charge is 2.22. The number of amides is 3. The highest BCUT2D eigenvalue weighted by atomic mass is 19.1. The summed E-state index contributed by atoms with van der Waals surface area (Å²) in [7, 11) is 0. The molecule has 47 heavy (non-hydrogen) atoms. The number of aromatic nitrogens is 1. The lowest BCUT2D eigenvalue weighted by Crippen LogP contribution is -2.35. The van der Waals surface area contributed by atoms with Gasteiger partial charge in [-0.1, -0.05) is 44.7 Å². The van der Waals surface area contributed by atoms with E-state index < -0.39 is 35.1 Å². The number of rotatable bonds is 11. The van der Waals surface area contributed by atoms with Crippen LogP contribution in [0.5, 0.6) is 11.5 Å². The average molecular weight is 655 g/mol. The van der Waals surface area contributed by atoms with Gasteiger partial charge >= 0.3 is 12.0 Å². The minimum Gasteiger partial charge on any atom is -0.455 e. The van der Waals surface area contributed by atoms with E-state index in [0.717, 1.165) is 6.07 Å². The third kappa shape index (κ3) is 15.9. The zero-order chi connectivity index (χ0) is 35.4. The predicted octanol–water partition coefficient (Wildman–Crippen LogP) is 8.42. The van der Waals surface area contributed by atoms with Crippen LogP contribution in [0.25, 0.3) is 0 Å². The van der Waals surface area contributed by atoms with E-state index in [1.54, 1.807) is 39.8 Å². The SMILES string of the molecule is C/C=C/C(=O)OC(C)(C)CNc1cc(Oc2ccc(NC(=O)NC(=O)Cc3ccc(F)cc3)cc2F)ccn1.C=C/C(F)=C\C.CC. The monoisotopic (exact) mass is 654 g/mol. The van der Waals surface area contributed by atoms with E-state index in [1.807, 2.05) is 13.8 Å². The van der Waals surface area contributed by atoms with Crippen LogP contribution < -0.4 is 20.7 Å². The van der Waals surface area contributed by atoms with Crippen molar-refractivity contribution in [3.63, 3.8) is 0 Å². The summed E-state index contributed by atoms with van der Waals surface area (Å²) in [6.07, 6.45) is 6.77. The second-order valence-corrected chi connectivity index (χ2v) is 9.84. The molecule has 0 aliphatic rings. The zero-order valence-corrected chi connectivity index (χ0v) is 27.3. The smallest absolute Gasteiger partial charge is 0.331 e. The molecule has 0 fully saturated rings. The van der Waals surface area contributed by atoms with Gasteiger partial charge in [0.15, 0.2) is 11.6 Å². The highest BCUT2D eigenvalue weighted by molar-refractivity contribution is 6.01. The number of ether oxygens (including phenoxy) is 2. The molecule has 0 spiro atoms. The van der Waals surface area contributed by atoms with Crippen LogP contribution in [0.3, 0.4) is 0 Å². The Labute approximate surface area is 273 Å². The molecular weight excluding hydrogens is 613 g/mol. The number of hydrogen-bond acceptors (Lipinski definition) is 7. The number of benzene rings is 2. The van der Waals surface area contributed by atoms with Crippen LogP contribution in [0.2, 0.25) is 0 Å².